The van der Waals surface area contributed by atoms with Crippen LogP contribution in [0.15, 0.2) is 30.3 Å². The van der Waals surface area contributed by atoms with Crippen LogP contribution < -0.4 is 10.6 Å². The molecular weight excluding hydrogens is 228 g/mol. The molecule has 2 rings (SSSR count). The molecule has 1 aromatic carbocycles. The molecule has 4 heteroatoms. The minimum absolute atomic E-state index is 0.209. The minimum atomic E-state index is -0.523. The highest BCUT2D eigenvalue weighted by atomic mass is 16.3. The first-order valence-electron chi connectivity index (χ1n) is 6.42. The van der Waals surface area contributed by atoms with Crippen LogP contribution in [0.2, 0.25) is 0 Å². The number of carbonyl (C=O) groups is 1. The molecule has 4 nitrogen and oxygen atoms in total. The van der Waals surface area contributed by atoms with Crippen LogP contribution in [0.25, 0.3) is 0 Å². The number of carbonyl (C=O) groups excluding carboxylic acids is 1. The molecule has 1 aliphatic rings. The predicted molar refractivity (Wildman–Crippen MR) is 70.2 cm³/mol. The summed E-state index contributed by atoms with van der Waals surface area (Å²) < 4.78 is 0. The first-order chi connectivity index (χ1) is 8.62. The van der Waals surface area contributed by atoms with Crippen LogP contribution in [-0.2, 0) is 5.54 Å². The van der Waals surface area contributed by atoms with Crippen LogP contribution in [0.5, 0.6) is 0 Å². The average molecular weight is 248 g/mol. The summed E-state index contributed by atoms with van der Waals surface area (Å²) in [5.41, 5.74) is 0.938. The third-order valence-corrected chi connectivity index (χ3v) is 3.44. The maximum Gasteiger partial charge on any atom is 0.315 e. The minimum Gasteiger partial charge on any atom is -0.392 e. The molecule has 1 aliphatic carbocycles. The summed E-state index contributed by atoms with van der Waals surface area (Å²) in [6.45, 7) is 1.92. The van der Waals surface area contributed by atoms with Gasteiger partial charge in [-0.25, -0.2) is 4.79 Å². The Hall–Kier alpha value is -1.55. The van der Waals surface area contributed by atoms with Crippen molar-refractivity contribution < 1.29 is 9.90 Å². The molecule has 98 valence electrons. The number of amides is 2. The normalized spacial score (nSPS) is 18.6. The zero-order valence-corrected chi connectivity index (χ0v) is 10.6. The summed E-state index contributed by atoms with van der Waals surface area (Å²) in [6.07, 6.45) is 2.55. The van der Waals surface area contributed by atoms with Crippen molar-refractivity contribution in [3.63, 3.8) is 0 Å². The zero-order chi connectivity index (χ0) is 13.0. The van der Waals surface area contributed by atoms with Crippen molar-refractivity contribution in [3.05, 3.63) is 35.9 Å². The van der Waals surface area contributed by atoms with Gasteiger partial charge in [0, 0.05) is 6.54 Å². The molecule has 0 heterocycles. The lowest BCUT2D eigenvalue weighted by atomic mass is 9.72. The first-order valence-corrected chi connectivity index (χ1v) is 6.42. The van der Waals surface area contributed by atoms with Crippen LogP contribution in [0.3, 0.4) is 0 Å². The monoisotopic (exact) mass is 248 g/mol. The maximum absolute atomic E-state index is 11.8. The Morgan fingerprint density at radius 2 is 2.06 bits per heavy atom. The SMILES string of the molecule is CC(O)CNC(=O)NC1(c2ccccc2)CCC1. The van der Waals surface area contributed by atoms with Gasteiger partial charge in [0.15, 0.2) is 0 Å². The third kappa shape index (κ3) is 2.82. The van der Waals surface area contributed by atoms with Gasteiger partial charge in [0.2, 0.25) is 0 Å². The molecule has 1 unspecified atom stereocenters. The molecule has 0 saturated heterocycles. The van der Waals surface area contributed by atoms with E-state index in [1.54, 1.807) is 6.92 Å². The van der Waals surface area contributed by atoms with Gasteiger partial charge in [-0.2, -0.15) is 0 Å². The smallest absolute Gasteiger partial charge is 0.315 e. The molecule has 0 radical (unpaired) electrons. The van der Waals surface area contributed by atoms with Gasteiger partial charge in [-0.15, -0.1) is 0 Å². The Kier molecular flexibility index (Phi) is 3.87. The summed E-state index contributed by atoms with van der Waals surface area (Å²) in [5, 5.41) is 14.9. The van der Waals surface area contributed by atoms with Crippen LogP contribution in [0, 0.1) is 0 Å². The highest BCUT2D eigenvalue weighted by Gasteiger charge is 2.39. The Balaban J connectivity index is 1.99. The molecule has 1 saturated carbocycles. The second kappa shape index (κ2) is 5.40. The quantitative estimate of drug-likeness (QED) is 0.760. The largest absolute Gasteiger partial charge is 0.392 e. The lowest BCUT2D eigenvalue weighted by Crippen LogP contribution is -2.54. The van der Waals surface area contributed by atoms with Gasteiger partial charge in [0.05, 0.1) is 11.6 Å². The van der Waals surface area contributed by atoms with Crippen LogP contribution in [-0.4, -0.2) is 23.8 Å². The van der Waals surface area contributed by atoms with Crippen molar-refractivity contribution in [1.82, 2.24) is 10.6 Å². The lowest BCUT2D eigenvalue weighted by molar-refractivity contribution is 0.165. The van der Waals surface area contributed by atoms with Gasteiger partial charge in [-0.05, 0) is 31.7 Å². The van der Waals surface area contributed by atoms with E-state index < -0.39 is 6.10 Å². The molecule has 1 fully saturated rings. The van der Waals surface area contributed by atoms with Crippen molar-refractivity contribution in [2.45, 2.75) is 37.8 Å². The van der Waals surface area contributed by atoms with E-state index >= 15 is 0 Å². The van der Waals surface area contributed by atoms with Crippen molar-refractivity contribution in [2.75, 3.05) is 6.54 Å². The van der Waals surface area contributed by atoms with Crippen molar-refractivity contribution >= 4 is 6.03 Å². The molecule has 3 N–H and O–H groups in total. The second-order valence-corrected chi connectivity index (χ2v) is 4.99. The molecule has 0 aromatic heterocycles. The number of hydrogen-bond donors (Lipinski definition) is 3. The van der Waals surface area contributed by atoms with E-state index in [1.165, 1.54) is 0 Å². The van der Waals surface area contributed by atoms with E-state index in [4.69, 9.17) is 5.11 Å². The Labute approximate surface area is 107 Å². The summed E-state index contributed by atoms with van der Waals surface area (Å²) in [6, 6.07) is 9.85. The summed E-state index contributed by atoms with van der Waals surface area (Å²) in [7, 11) is 0. The molecule has 0 bridgehead atoms. The number of nitrogens with one attached hydrogen (secondary N) is 2. The summed E-state index contributed by atoms with van der Waals surface area (Å²) in [4.78, 5) is 11.8. The standard InChI is InChI=1S/C14H20N2O2/c1-11(17)10-15-13(18)16-14(8-5-9-14)12-6-3-2-4-7-12/h2-4,6-7,11,17H,5,8-10H2,1H3,(H2,15,16,18). The fourth-order valence-electron chi connectivity index (χ4n) is 2.28. The average Bonchev–Trinajstić information content (AvgIpc) is 2.32. The highest BCUT2D eigenvalue weighted by Crippen LogP contribution is 2.40. The number of urea groups is 1. The maximum atomic E-state index is 11.8. The first kappa shape index (κ1) is 12.9. The molecule has 0 aliphatic heterocycles. The van der Waals surface area contributed by atoms with E-state index in [2.05, 4.69) is 10.6 Å². The van der Waals surface area contributed by atoms with Crippen LogP contribution in [0.1, 0.15) is 31.7 Å². The number of rotatable bonds is 4. The van der Waals surface area contributed by atoms with Crippen molar-refractivity contribution in [2.24, 2.45) is 0 Å². The van der Waals surface area contributed by atoms with E-state index in [9.17, 15) is 4.79 Å². The topological polar surface area (TPSA) is 61.4 Å². The lowest BCUT2D eigenvalue weighted by Gasteiger charge is -2.43. The molecular formula is C14H20N2O2. The van der Waals surface area contributed by atoms with Crippen molar-refractivity contribution in [1.29, 1.82) is 0 Å². The van der Waals surface area contributed by atoms with Gasteiger partial charge in [0.1, 0.15) is 0 Å². The molecule has 18 heavy (non-hydrogen) atoms. The zero-order valence-electron chi connectivity index (χ0n) is 10.6. The predicted octanol–water partition coefficient (Wildman–Crippen LogP) is 1.75. The van der Waals surface area contributed by atoms with Crippen LogP contribution in [0.4, 0.5) is 4.79 Å². The summed E-state index contributed by atoms with van der Waals surface area (Å²) in [5.74, 6) is 0. The van der Waals surface area contributed by atoms with Crippen LogP contribution >= 0.6 is 0 Å². The van der Waals surface area contributed by atoms with Gasteiger partial charge >= 0.3 is 6.03 Å². The van der Waals surface area contributed by atoms with Gasteiger partial charge in [-0.3, -0.25) is 0 Å². The Morgan fingerprint density at radius 3 is 2.56 bits per heavy atom. The number of aliphatic hydroxyl groups is 1. The number of aliphatic hydroxyl groups excluding tert-OH is 1. The number of hydrogen-bond acceptors (Lipinski definition) is 2. The van der Waals surface area contributed by atoms with Gasteiger partial charge < -0.3 is 15.7 Å². The van der Waals surface area contributed by atoms with Crippen molar-refractivity contribution in [3.8, 4) is 0 Å². The van der Waals surface area contributed by atoms with Gasteiger partial charge in [0.25, 0.3) is 0 Å². The fraction of sp³-hybridized carbons (Fsp3) is 0.500. The van der Waals surface area contributed by atoms with E-state index in [0.29, 0.717) is 0 Å². The molecule has 0 spiro atoms. The fourth-order valence-corrected chi connectivity index (χ4v) is 2.28. The van der Waals surface area contributed by atoms with E-state index in [1.807, 2.05) is 30.3 Å². The summed E-state index contributed by atoms with van der Waals surface area (Å²) >= 11 is 0. The Morgan fingerprint density at radius 1 is 1.39 bits per heavy atom. The van der Waals surface area contributed by atoms with E-state index in [-0.39, 0.29) is 18.1 Å². The Bertz CT molecular complexity index is 400. The van der Waals surface area contributed by atoms with E-state index in [0.717, 1.165) is 24.8 Å². The second-order valence-electron chi connectivity index (χ2n) is 4.99. The van der Waals surface area contributed by atoms with Gasteiger partial charge in [-0.1, -0.05) is 30.3 Å². The molecule has 1 aromatic rings. The number of benzene rings is 1. The highest BCUT2D eigenvalue weighted by molar-refractivity contribution is 5.75. The molecule has 2 amide bonds. The third-order valence-electron chi connectivity index (χ3n) is 3.44. The molecule has 1 atom stereocenters.